The lowest BCUT2D eigenvalue weighted by molar-refractivity contribution is -0.915. The van der Waals surface area contributed by atoms with Crippen molar-refractivity contribution in [3.63, 3.8) is 0 Å². The molecular weight excluding hydrogens is 470 g/mol. The van der Waals surface area contributed by atoms with Crippen molar-refractivity contribution in [1.29, 1.82) is 0 Å². The first-order valence-electron chi connectivity index (χ1n) is 12.6. The molecule has 6 nitrogen and oxygen atoms in total. The first-order valence-corrected chi connectivity index (χ1v) is 12.6. The van der Waals surface area contributed by atoms with Crippen LogP contribution in [0, 0.1) is 0 Å². The second kappa shape index (κ2) is 14.4. The molecule has 3 aromatic carbocycles. The van der Waals surface area contributed by atoms with Crippen molar-refractivity contribution in [2.45, 2.75) is 34.2 Å². The van der Waals surface area contributed by atoms with Gasteiger partial charge in [0.2, 0.25) is 0 Å². The smallest absolute Gasteiger partial charge is 0.279 e. The molecule has 0 aliphatic carbocycles. The minimum Gasteiger partial charge on any atom is -1.00 e. The Kier molecular flexibility index (Phi) is 11.6. The monoisotopic (exact) mass is 507 g/mol. The van der Waals surface area contributed by atoms with Crippen molar-refractivity contribution in [1.82, 2.24) is 0 Å². The summed E-state index contributed by atoms with van der Waals surface area (Å²) >= 11 is 0. The molecule has 0 aliphatic rings. The van der Waals surface area contributed by atoms with Gasteiger partial charge in [-0.3, -0.25) is 4.79 Å². The molecule has 0 aliphatic heterocycles. The van der Waals surface area contributed by atoms with Gasteiger partial charge in [-0.05, 0) is 81.8 Å². The third-order valence-electron chi connectivity index (χ3n) is 6.74. The zero-order chi connectivity index (χ0) is 25.1. The molecule has 0 heterocycles. The highest BCUT2D eigenvalue weighted by Crippen LogP contribution is 2.24. The number of likely N-dealkylation sites (N-methyl/N-ethyl adjacent to an activating group) is 1. The molecule has 0 saturated carbocycles. The number of hydrogen-bond acceptors (Lipinski definition) is 4. The number of rotatable bonds is 12. The summed E-state index contributed by atoms with van der Waals surface area (Å²) in [5.41, 5.74) is 4.77. The summed E-state index contributed by atoms with van der Waals surface area (Å²) in [4.78, 5) is 14.9. The molecule has 1 N–H and O–H groups in total. The van der Waals surface area contributed by atoms with E-state index in [0.29, 0.717) is 6.54 Å². The minimum atomic E-state index is 0. The van der Waals surface area contributed by atoms with Crippen LogP contribution in [0.15, 0.2) is 89.1 Å². The van der Waals surface area contributed by atoms with E-state index in [4.69, 9.17) is 0 Å². The fourth-order valence-corrected chi connectivity index (χ4v) is 4.16. The molecule has 0 fully saturated rings. The van der Waals surface area contributed by atoms with Crippen LogP contribution in [0.5, 0.6) is 0 Å². The number of halogens is 1. The fourth-order valence-electron chi connectivity index (χ4n) is 4.16. The Morgan fingerprint density at radius 1 is 0.778 bits per heavy atom. The summed E-state index contributed by atoms with van der Waals surface area (Å²) in [6.07, 6.45) is 0. The molecule has 192 valence electrons. The Balaban J connectivity index is 0.00000456. The van der Waals surface area contributed by atoms with Gasteiger partial charge in [-0.15, -0.1) is 0 Å². The van der Waals surface area contributed by atoms with E-state index in [0.717, 1.165) is 60.0 Å². The second-order valence-electron chi connectivity index (χ2n) is 8.76. The number of benzene rings is 3. The summed E-state index contributed by atoms with van der Waals surface area (Å²) in [5, 5.41) is 11.7. The lowest BCUT2D eigenvalue weighted by Gasteiger charge is -2.34. The second-order valence-corrected chi connectivity index (χ2v) is 8.76. The number of carbonyl (C=O) groups is 1. The maximum Gasteiger partial charge on any atom is 0.279 e. The van der Waals surface area contributed by atoms with Gasteiger partial charge < -0.3 is 27.1 Å². The van der Waals surface area contributed by atoms with Crippen LogP contribution in [0.2, 0.25) is 0 Å². The van der Waals surface area contributed by atoms with E-state index >= 15 is 0 Å². The quantitative estimate of drug-likeness (QED) is 0.298. The number of anilines is 2. The molecule has 7 heteroatoms. The van der Waals surface area contributed by atoms with E-state index in [1.165, 1.54) is 5.56 Å². The van der Waals surface area contributed by atoms with Crippen LogP contribution >= 0.6 is 0 Å². The zero-order valence-electron chi connectivity index (χ0n) is 21.8. The third kappa shape index (κ3) is 8.18. The standard InChI is InChI=1S/C29H37N5O.ClH/c1-5-33(22-24-12-10-9-11-13-24)28-20-18-27(19-21-28)32-31-26-16-14-25(15-17-26)30-29(35)23-34(6-2,7-3)8-4;/h9-21H,5-8,22-23H2,1-4H3;1H. The van der Waals surface area contributed by atoms with Crippen LogP contribution < -0.4 is 22.6 Å². The Morgan fingerprint density at radius 3 is 1.81 bits per heavy atom. The highest BCUT2D eigenvalue weighted by atomic mass is 35.5. The van der Waals surface area contributed by atoms with E-state index in [9.17, 15) is 4.79 Å². The number of amides is 1. The van der Waals surface area contributed by atoms with Crippen molar-refractivity contribution in [3.05, 3.63) is 84.4 Å². The molecule has 1 amide bonds. The number of nitrogens with zero attached hydrogens (tertiary/aromatic N) is 4. The molecule has 3 aromatic rings. The zero-order valence-corrected chi connectivity index (χ0v) is 22.6. The maximum absolute atomic E-state index is 12.5. The van der Waals surface area contributed by atoms with Crippen LogP contribution in [-0.4, -0.2) is 43.1 Å². The van der Waals surface area contributed by atoms with Gasteiger partial charge in [0.25, 0.3) is 5.91 Å². The van der Waals surface area contributed by atoms with E-state index in [1.807, 2.05) is 42.5 Å². The van der Waals surface area contributed by atoms with Crippen molar-refractivity contribution < 1.29 is 21.7 Å². The SMILES string of the molecule is CCN(Cc1ccccc1)c1ccc(N=Nc2ccc(NC(=O)C[N+](CC)(CC)CC)cc2)cc1.[Cl-]. The number of azo groups is 1. The van der Waals surface area contributed by atoms with Crippen LogP contribution in [0.3, 0.4) is 0 Å². The van der Waals surface area contributed by atoms with Crippen LogP contribution in [0.25, 0.3) is 0 Å². The van der Waals surface area contributed by atoms with Gasteiger partial charge in [0.15, 0.2) is 6.54 Å². The predicted molar refractivity (Wildman–Crippen MR) is 146 cm³/mol. The third-order valence-corrected chi connectivity index (χ3v) is 6.74. The molecule has 0 saturated heterocycles. The minimum absolute atomic E-state index is 0. The Morgan fingerprint density at radius 2 is 1.31 bits per heavy atom. The predicted octanol–water partition coefficient (Wildman–Crippen LogP) is 3.95. The van der Waals surface area contributed by atoms with Gasteiger partial charge in [-0.25, -0.2) is 0 Å². The van der Waals surface area contributed by atoms with E-state index < -0.39 is 0 Å². The Hall–Kier alpha value is -3.22. The van der Waals surface area contributed by atoms with Gasteiger partial charge in [-0.2, -0.15) is 10.2 Å². The summed E-state index contributed by atoms with van der Waals surface area (Å²) in [5.74, 6) is 0.0402. The van der Waals surface area contributed by atoms with E-state index in [2.05, 4.69) is 84.5 Å². The number of nitrogens with one attached hydrogen (secondary N) is 1. The Labute approximate surface area is 222 Å². The van der Waals surface area contributed by atoms with Crippen molar-refractivity contribution in [2.24, 2.45) is 10.2 Å². The molecular formula is C29H38ClN5O. The average molecular weight is 508 g/mol. The molecule has 0 aromatic heterocycles. The summed E-state index contributed by atoms with van der Waals surface area (Å²) < 4.78 is 0.791. The number of carbonyl (C=O) groups excluding carboxylic acids is 1. The molecule has 36 heavy (non-hydrogen) atoms. The first kappa shape index (κ1) is 29.0. The Bertz CT molecular complexity index is 1070. The number of quaternary nitrogens is 1. The van der Waals surface area contributed by atoms with Gasteiger partial charge in [-0.1, -0.05) is 30.3 Å². The normalized spacial score (nSPS) is 11.2. The molecule has 0 atom stereocenters. The van der Waals surface area contributed by atoms with Gasteiger partial charge in [0.05, 0.1) is 31.0 Å². The topological polar surface area (TPSA) is 57.1 Å². The molecule has 0 unspecified atom stereocenters. The van der Waals surface area contributed by atoms with E-state index in [1.54, 1.807) is 0 Å². The molecule has 0 radical (unpaired) electrons. The highest BCUT2D eigenvalue weighted by Gasteiger charge is 2.24. The summed E-state index contributed by atoms with van der Waals surface area (Å²) in [7, 11) is 0. The lowest BCUT2D eigenvalue weighted by atomic mass is 10.2. The van der Waals surface area contributed by atoms with Crippen molar-refractivity contribution in [2.75, 3.05) is 42.9 Å². The number of hydrogen-bond donors (Lipinski definition) is 1. The maximum atomic E-state index is 12.5. The fraction of sp³-hybridized carbons (Fsp3) is 0.345. The van der Waals surface area contributed by atoms with Crippen LogP contribution in [0.4, 0.5) is 22.7 Å². The summed E-state index contributed by atoms with van der Waals surface area (Å²) in [6.45, 7) is 13.7. The van der Waals surface area contributed by atoms with Crippen molar-refractivity contribution >= 4 is 28.7 Å². The van der Waals surface area contributed by atoms with Crippen LogP contribution in [-0.2, 0) is 11.3 Å². The largest absolute Gasteiger partial charge is 1.00 e. The molecule has 0 spiro atoms. The lowest BCUT2D eigenvalue weighted by Crippen LogP contribution is -3.00. The van der Waals surface area contributed by atoms with Gasteiger partial charge in [0, 0.05) is 24.5 Å². The van der Waals surface area contributed by atoms with E-state index in [-0.39, 0.29) is 18.3 Å². The molecule has 3 rings (SSSR count). The summed E-state index contributed by atoms with van der Waals surface area (Å²) in [6, 6.07) is 26.1. The van der Waals surface area contributed by atoms with Gasteiger partial charge in [0.1, 0.15) is 0 Å². The molecule has 0 bridgehead atoms. The average Bonchev–Trinajstić information content (AvgIpc) is 2.91. The van der Waals surface area contributed by atoms with Crippen LogP contribution in [0.1, 0.15) is 33.3 Å². The van der Waals surface area contributed by atoms with Gasteiger partial charge >= 0.3 is 0 Å². The first-order chi connectivity index (χ1) is 17.0. The van der Waals surface area contributed by atoms with Crippen molar-refractivity contribution in [3.8, 4) is 0 Å². The highest BCUT2D eigenvalue weighted by molar-refractivity contribution is 5.91.